The minimum absolute atomic E-state index is 0.0507. The number of carbonyl (C=O) groups excluding carboxylic acids is 2. The van der Waals surface area contributed by atoms with Crippen LogP contribution in [0.3, 0.4) is 0 Å². The number of nitrogens with one attached hydrogen (secondary N) is 2. The number of amides is 2. The van der Waals surface area contributed by atoms with E-state index < -0.39 is 0 Å². The van der Waals surface area contributed by atoms with Crippen molar-refractivity contribution in [2.24, 2.45) is 11.0 Å². The normalized spacial score (nSPS) is 10.8. The van der Waals surface area contributed by atoms with Crippen LogP contribution in [-0.4, -0.2) is 32.2 Å². The second-order valence-corrected chi connectivity index (χ2v) is 6.53. The molecule has 0 saturated carbocycles. The number of hydrazone groups is 1. The quantitative estimate of drug-likeness (QED) is 0.540. The van der Waals surface area contributed by atoms with Gasteiger partial charge in [-0.3, -0.25) is 9.59 Å². The maximum absolute atomic E-state index is 12.2. The first-order valence-corrected chi connectivity index (χ1v) is 8.88. The molecule has 0 bridgehead atoms. The summed E-state index contributed by atoms with van der Waals surface area (Å²) in [6.45, 7) is 3.96. The molecule has 28 heavy (non-hydrogen) atoms. The number of rotatable bonds is 8. The molecule has 2 aromatic rings. The van der Waals surface area contributed by atoms with E-state index in [4.69, 9.17) is 9.47 Å². The molecule has 0 spiro atoms. The molecule has 0 unspecified atom stereocenters. The molecule has 2 aromatic carbocycles. The summed E-state index contributed by atoms with van der Waals surface area (Å²) in [5.74, 6) is 1.12. The van der Waals surface area contributed by atoms with Gasteiger partial charge in [-0.25, -0.2) is 5.43 Å². The summed E-state index contributed by atoms with van der Waals surface area (Å²) in [4.78, 5) is 24.0. The highest BCUT2D eigenvalue weighted by Crippen LogP contribution is 2.23. The highest BCUT2D eigenvalue weighted by molar-refractivity contribution is 5.96. The van der Waals surface area contributed by atoms with Crippen LogP contribution >= 0.6 is 0 Å². The van der Waals surface area contributed by atoms with Crippen LogP contribution in [-0.2, 0) is 4.79 Å². The second-order valence-electron chi connectivity index (χ2n) is 6.53. The fraction of sp³-hybridized carbons (Fsp3) is 0.286. The van der Waals surface area contributed by atoms with Crippen molar-refractivity contribution in [3.63, 3.8) is 0 Å². The van der Waals surface area contributed by atoms with Crippen molar-refractivity contribution in [2.45, 2.75) is 20.3 Å². The molecule has 0 heterocycles. The highest BCUT2D eigenvalue weighted by atomic mass is 16.5. The first kappa shape index (κ1) is 21.0. The molecule has 0 radical (unpaired) electrons. The predicted octanol–water partition coefficient (Wildman–Crippen LogP) is 3.45. The lowest BCUT2D eigenvalue weighted by Crippen LogP contribution is -2.18. The highest BCUT2D eigenvalue weighted by Gasteiger charge is 2.08. The van der Waals surface area contributed by atoms with Crippen LogP contribution in [0.15, 0.2) is 47.6 Å². The van der Waals surface area contributed by atoms with Crippen molar-refractivity contribution in [1.82, 2.24) is 5.43 Å². The van der Waals surface area contributed by atoms with E-state index in [9.17, 15) is 9.59 Å². The lowest BCUT2D eigenvalue weighted by atomic mass is 10.1. The number of anilines is 1. The van der Waals surface area contributed by atoms with Gasteiger partial charge in [0, 0.05) is 29.3 Å². The van der Waals surface area contributed by atoms with Crippen LogP contribution in [0.2, 0.25) is 0 Å². The Kier molecular flexibility index (Phi) is 7.56. The van der Waals surface area contributed by atoms with Crippen molar-refractivity contribution in [1.29, 1.82) is 0 Å². The third-order valence-corrected chi connectivity index (χ3v) is 3.83. The molecule has 0 aliphatic carbocycles. The molecule has 0 aliphatic heterocycles. The van der Waals surface area contributed by atoms with Crippen molar-refractivity contribution < 1.29 is 19.1 Å². The summed E-state index contributed by atoms with van der Waals surface area (Å²) in [5.41, 5.74) is 4.25. The van der Waals surface area contributed by atoms with Crippen molar-refractivity contribution in [2.75, 3.05) is 19.5 Å². The minimum atomic E-state index is -0.358. The number of carbonyl (C=O) groups is 2. The summed E-state index contributed by atoms with van der Waals surface area (Å²) >= 11 is 0. The SMILES string of the molecule is COc1ccc(/C=N\NC(=O)c2ccc(NC(=O)CC(C)C)cc2)c(OC)c1. The van der Waals surface area contributed by atoms with E-state index in [0.717, 1.165) is 0 Å². The maximum Gasteiger partial charge on any atom is 0.271 e. The molecular formula is C21H25N3O4. The summed E-state index contributed by atoms with van der Waals surface area (Å²) < 4.78 is 10.4. The standard InChI is InChI=1S/C21H25N3O4/c1-14(2)11-20(25)23-17-8-5-15(6-9-17)21(26)24-22-13-16-7-10-18(27-3)12-19(16)28-4/h5-10,12-14H,11H2,1-4H3,(H,23,25)(H,24,26)/b22-13-. The zero-order valence-electron chi connectivity index (χ0n) is 16.5. The van der Waals surface area contributed by atoms with Crippen LogP contribution in [0, 0.1) is 5.92 Å². The van der Waals surface area contributed by atoms with E-state index in [2.05, 4.69) is 15.8 Å². The number of hydrogen-bond donors (Lipinski definition) is 2. The Morgan fingerprint density at radius 1 is 1.07 bits per heavy atom. The van der Waals surface area contributed by atoms with Crippen LogP contribution < -0.4 is 20.2 Å². The van der Waals surface area contributed by atoms with Gasteiger partial charge in [-0.1, -0.05) is 13.8 Å². The lowest BCUT2D eigenvalue weighted by molar-refractivity contribution is -0.116. The Bertz CT molecular complexity index is 845. The topological polar surface area (TPSA) is 89.0 Å². The van der Waals surface area contributed by atoms with Gasteiger partial charge in [0.1, 0.15) is 11.5 Å². The van der Waals surface area contributed by atoms with Gasteiger partial charge in [0.05, 0.1) is 20.4 Å². The van der Waals surface area contributed by atoms with E-state index in [1.807, 2.05) is 13.8 Å². The molecule has 2 amide bonds. The molecule has 2 rings (SSSR count). The third-order valence-electron chi connectivity index (χ3n) is 3.83. The van der Waals surface area contributed by atoms with Crippen molar-refractivity contribution in [3.05, 3.63) is 53.6 Å². The zero-order valence-corrected chi connectivity index (χ0v) is 16.5. The van der Waals surface area contributed by atoms with Gasteiger partial charge in [-0.15, -0.1) is 0 Å². The molecule has 7 nitrogen and oxygen atoms in total. The Morgan fingerprint density at radius 2 is 1.79 bits per heavy atom. The minimum Gasteiger partial charge on any atom is -0.497 e. The first-order chi connectivity index (χ1) is 13.4. The van der Waals surface area contributed by atoms with Gasteiger partial charge in [-0.05, 0) is 42.3 Å². The summed E-state index contributed by atoms with van der Waals surface area (Å²) in [5, 5.41) is 6.77. The van der Waals surface area contributed by atoms with E-state index in [1.54, 1.807) is 56.7 Å². The maximum atomic E-state index is 12.2. The molecule has 0 aromatic heterocycles. The molecular weight excluding hydrogens is 358 g/mol. The number of nitrogens with zero attached hydrogens (tertiary/aromatic N) is 1. The van der Waals surface area contributed by atoms with E-state index in [0.29, 0.717) is 34.7 Å². The van der Waals surface area contributed by atoms with Crippen LogP contribution in [0.1, 0.15) is 36.2 Å². The number of hydrogen-bond acceptors (Lipinski definition) is 5. The predicted molar refractivity (Wildman–Crippen MR) is 109 cm³/mol. The van der Waals surface area contributed by atoms with E-state index >= 15 is 0 Å². The van der Waals surface area contributed by atoms with Crippen LogP contribution in [0.25, 0.3) is 0 Å². The Labute approximate surface area is 164 Å². The smallest absolute Gasteiger partial charge is 0.271 e. The lowest BCUT2D eigenvalue weighted by Gasteiger charge is -2.08. The van der Waals surface area contributed by atoms with E-state index in [1.165, 1.54) is 6.21 Å². The summed E-state index contributed by atoms with van der Waals surface area (Å²) in [7, 11) is 3.12. The average molecular weight is 383 g/mol. The van der Waals surface area contributed by atoms with Crippen LogP contribution in [0.4, 0.5) is 5.69 Å². The fourth-order valence-electron chi connectivity index (χ4n) is 2.44. The Morgan fingerprint density at radius 3 is 2.39 bits per heavy atom. The fourth-order valence-corrected chi connectivity index (χ4v) is 2.44. The van der Waals surface area contributed by atoms with Gasteiger partial charge >= 0.3 is 0 Å². The molecule has 7 heteroatoms. The Hall–Kier alpha value is -3.35. The average Bonchev–Trinajstić information content (AvgIpc) is 2.67. The number of benzene rings is 2. The Balaban J connectivity index is 1.96. The van der Waals surface area contributed by atoms with Gasteiger partial charge in [0.15, 0.2) is 0 Å². The zero-order chi connectivity index (χ0) is 20.5. The van der Waals surface area contributed by atoms with Crippen LogP contribution in [0.5, 0.6) is 11.5 Å². The number of ether oxygens (including phenoxy) is 2. The molecule has 2 N–H and O–H groups in total. The molecule has 0 aliphatic rings. The molecule has 0 fully saturated rings. The van der Waals surface area contributed by atoms with Crippen molar-refractivity contribution >= 4 is 23.7 Å². The largest absolute Gasteiger partial charge is 0.497 e. The summed E-state index contributed by atoms with van der Waals surface area (Å²) in [6.07, 6.45) is 1.95. The number of methoxy groups -OCH3 is 2. The molecule has 0 saturated heterocycles. The van der Waals surface area contributed by atoms with Gasteiger partial charge in [0.2, 0.25) is 5.91 Å². The van der Waals surface area contributed by atoms with Crippen molar-refractivity contribution in [3.8, 4) is 11.5 Å². The molecule has 0 atom stereocenters. The van der Waals surface area contributed by atoms with E-state index in [-0.39, 0.29) is 17.7 Å². The van der Waals surface area contributed by atoms with Gasteiger partial charge < -0.3 is 14.8 Å². The second kappa shape index (κ2) is 10.1. The van der Waals surface area contributed by atoms with Gasteiger partial charge in [0.25, 0.3) is 5.91 Å². The molecule has 148 valence electrons. The summed E-state index contributed by atoms with van der Waals surface area (Å²) in [6, 6.07) is 11.9. The first-order valence-electron chi connectivity index (χ1n) is 8.88. The third kappa shape index (κ3) is 6.12. The monoisotopic (exact) mass is 383 g/mol. The van der Waals surface area contributed by atoms with Gasteiger partial charge in [-0.2, -0.15) is 5.10 Å².